The van der Waals surface area contributed by atoms with E-state index in [4.69, 9.17) is 5.73 Å². The van der Waals surface area contributed by atoms with Gasteiger partial charge in [0, 0.05) is 36.4 Å². The standard InChI is InChI=1S/C13H28N2O2S2/c1-5-19(16,17)12-10-18-7-6-15(12)11(9-14)8-13(2,3)4/h11-12H,5-10,14H2,1-4H3. The van der Waals surface area contributed by atoms with E-state index in [1.54, 1.807) is 18.7 Å². The number of nitrogens with two attached hydrogens (primary N) is 1. The lowest BCUT2D eigenvalue weighted by atomic mass is 9.87. The fourth-order valence-corrected chi connectivity index (χ4v) is 5.65. The Kier molecular flexibility index (Phi) is 6.17. The lowest BCUT2D eigenvalue weighted by molar-refractivity contribution is 0.149. The highest BCUT2D eigenvalue weighted by atomic mass is 32.2. The quantitative estimate of drug-likeness (QED) is 0.835. The van der Waals surface area contributed by atoms with Crippen molar-refractivity contribution in [2.75, 3.05) is 30.3 Å². The van der Waals surface area contributed by atoms with Crippen LogP contribution in [0.1, 0.15) is 34.1 Å². The Hall–Kier alpha value is 0.220. The van der Waals surface area contributed by atoms with E-state index in [2.05, 4.69) is 25.7 Å². The van der Waals surface area contributed by atoms with E-state index in [0.29, 0.717) is 12.3 Å². The molecule has 0 spiro atoms. The van der Waals surface area contributed by atoms with Crippen LogP contribution in [-0.4, -0.2) is 55.1 Å². The van der Waals surface area contributed by atoms with Gasteiger partial charge in [0.25, 0.3) is 0 Å². The molecule has 0 amide bonds. The van der Waals surface area contributed by atoms with Crippen molar-refractivity contribution < 1.29 is 8.42 Å². The van der Waals surface area contributed by atoms with Crippen molar-refractivity contribution in [2.45, 2.75) is 45.5 Å². The van der Waals surface area contributed by atoms with Crippen LogP contribution in [-0.2, 0) is 9.84 Å². The molecular formula is C13H28N2O2S2. The van der Waals surface area contributed by atoms with Crippen LogP contribution >= 0.6 is 11.8 Å². The summed E-state index contributed by atoms with van der Waals surface area (Å²) in [5.41, 5.74) is 6.08. The summed E-state index contributed by atoms with van der Waals surface area (Å²) in [5.74, 6) is 1.88. The number of thioether (sulfide) groups is 1. The predicted molar refractivity (Wildman–Crippen MR) is 84.2 cm³/mol. The molecule has 2 unspecified atom stereocenters. The zero-order valence-corrected chi connectivity index (χ0v) is 14.2. The highest BCUT2D eigenvalue weighted by Gasteiger charge is 2.37. The number of nitrogens with zero attached hydrogens (tertiary/aromatic N) is 1. The topological polar surface area (TPSA) is 63.4 Å². The number of hydrogen-bond acceptors (Lipinski definition) is 5. The van der Waals surface area contributed by atoms with Gasteiger partial charge in [-0.25, -0.2) is 8.42 Å². The third-order valence-electron chi connectivity index (χ3n) is 3.53. The number of rotatable bonds is 5. The van der Waals surface area contributed by atoms with Gasteiger partial charge in [0.05, 0.1) is 0 Å². The SMILES string of the molecule is CCS(=O)(=O)C1CSCCN1C(CN)CC(C)(C)C. The Bertz CT molecular complexity index is 377. The molecule has 2 atom stereocenters. The molecule has 0 saturated carbocycles. The van der Waals surface area contributed by atoms with E-state index in [1.807, 2.05) is 0 Å². The van der Waals surface area contributed by atoms with Gasteiger partial charge < -0.3 is 5.73 Å². The molecule has 1 saturated heterocycles. The Labute approximate surface area is 122 Å². The summed E-state index contributed by atoms with van der Waals surface area (Å²) in [4.78, 5) is 2.14. The third-order valence-corrected chi connectivity index (χ3v) is 6.84. The number of hydrogen-bond donors (Lipinski definition) is 1. The van der Waals surface area contributed by atoms with Crippen molar-refractivity contribution in [3.63, 3.8) is 0 Å². The van der Waals surface area contributed by atoms with Crippen molar-refractivity contribution in [1.29, 1.82) is 0 Å². The molecule has 0 bridgehead atoms. The highest BCUT2D eigenvalue weighted by molar-refractivity contribution is 8.01. The Morgan fingerprint density at radius 1 is 1.42 bits per heavy atom. The largest absolute Gasteiger partial charge is 0.329 e. The van der Waals surface area contributed by atoms with Gasteiger partial charge in [0.2, 0.25) is 0 Å². The second-order valence-corrected chi connectivity index (χ2v) is 9.97. The third kappa shape index (κ3) is 4.92. The fourth-order valence-electron chi connectivity index (χ4n) is 2.56. The van der Waals surface area contributed by atoms with Gasteiger partial charge in [-0.3, -0.25) is 4.90 Å². The zero-order valence-electron chi connectivity index (χ0n) is 12.6. The molecule has 0 aromatic heterocycles. The Balaban J connectivity index is 2.92. The second kappa shape index (κ2) is 6.78. The average molecular weight is 309 g/mol. The molecule has 1 rings (SSSR count). The fraction of sp³-hybridized carbons (Fsp3) is 1.00. The van der Waals surface area contributed by atoms with Gasteiger partial charge in [0.15, 0.2) is 9.84 Å². The number of sulfone groups is 1. The van der Waals surface area contributed by atoms with Gasteiger partial charge in [-0.2, -0.15) is 11.8 Å². The summed E-state index contributed by atoms with van der Waals surface area (Å²) in [5, 5.41) is -0.354. The van der Waals surface area contributed by atoms with E-state index in [-0.39, 0.29) is 22.6 Å². The van der Waals surface area contributed by atoms with Crippen LogP contribution in [0, 0.1) is 5.41 Å². The van der Waals surface area contributed by atoms with E-state index in [9.17, 15) is 8.42 Å². The predicted octanol–water partition coefficient (Wildman–Crippen LogP) is 1.56. The summed E-state index contributed by atoms with van der Waals surface area (Å²) >= 11 is 1.73. The Morgan fingerprint density at radius 2 is 2.05 bits per heavy atom. The molecule has 0 aromatic rings. The van der Waals surface area contributed by atoms with Crippen LogP contribution in [0.5, 0.6) is 0 Å². The van der Waals surface area contributed by atoms with E-state index in [1.165, 1.54) is 0 Å². The zero-order chi connectivity index (χ0) is 14.7. The monoisotopic (exact) mass is 308 g/mol. The minimum atomic E-state index is -3.03. The molecule has 0 radical (unpaired) electrons. The molecular weight excluding hydrogens is 280 g/mol. The van der Waals surface area contributed by atoms with E-state index in [0.717, 1.165) is 18.7 Å². The minimum absolute atomic E-state index is 0.159. The van der Waals surface area contributed by atoms with Crippen molar-refractivity contribution in [3.8, 4) is 0 Å². The molecule has 1 aliphatic heterocycles. The highest BCUT2D eigenvalue weighted by Crippen LogP contribution is 2.29. The molecule has 19 heavy (non-hydrogen) atoms. The normalized spacial score (nSPS) is 24.4. The summed E-state index contributed by atoms with van der Waals surface area (Å²) in [7, 11) is -3.03. The van der Waals surface area contributed by atoms with Gasteiger partial charge in [-0.05, 0) is 11.8 Å². The maximum Gasteiger partial charge on any atom is 0.166 e. The first-order chi connectivity index (χ1) is 8.71. The summed E-state index contributed by atoms with van der Waals surface area (Å²) in [6.45, 7) is 9.62. The lowest BCUT2D eigenvalue weighted by Gasteiger charge is -2.42. The molecule has 0 aliphatic carbocycles. The van der Waals surface area contributed by atoms with Crippen LogP contribution < -0.4 is 5.73 Å². The van der Waals surface area contributed by atoms with Crippen LogP contribution in [0.3, 0.4) is 0 Å². The molecule has 1 fully saturated rings. The van der Waals surface area contributed by atoms with Crippen molar-refractivity contribution in [2.24, 2.45) is 11.1 Å². The summed E-state index contributed by atoms with van der Waals surface area (Å²) in [6.07, 6.45) is 0.934. The minimum Gasteiger partial charge on any atom is -0.329 e. The maximum absolute atomic E-state index is 12.3. The van der Waals surface area contributed by atoms with Crippen LogP contribution in [0.2, 0.25) is 0 Å². The van der Waals surface area contributed by atoms with Crippen molar-refractivity contribution >= 4 is 21.6 Å². The van der Waals surface area contributed by atoms with Crippen LogP contribution in [0.15, 0.2) is 0 Å². The van der Waals surface area contributed by atoms with Crippen molar-refractivity contribution in [1.82, 2.24) is 4.90 Å². The second-order valence-electron chi connectivity index (χ2n) is 6.37. The van der Waals surface area contributed by atoms with E-state index >= 15 is 0 Å². The smallest absolute Gasteiger partial charge is 0.166 e. The summed E-state index contributed by atoms with van der Waals surface area (Å²) < 4.78 is 24.5. The molecule has 6 heteroatoms. The first-order valence-corrected chi connectivity index (χ1v) is 9.83. The molecule has 0 aromatic carbocycles. The lowest BCUT2D eigenvalue weighted by Crippen LogP contribution is -2.55. The summed E-state index contributed by atoms with van der Waals surface area (Å²) in [6, 6.07) is 0.159. The molecule has 4 nitrogen and oxygen atoms in total. The van der Waals surface area contributed by atoms with Gasteiger partial charge in [0.1, 0.15) is 5.37 Å². The molecule has 1 heterocycles. The first kappa shape index (κ1) is 17.3. The first-order valence-electron chi connectivity index (χ1n) is 6.96. The van der Waals surface area contributed by atoms with Gasteiger partial charge in [-0.1, -0.05) is 27.7 Å². The van der Waals surface area contributed by atoms with Gasteiger partial charge >= 0.3 is 0 Å². The Morgan fingerprint density at radius 3 is 2.53 bits per heavy atom. The molecule has 114 valence electrons. The maximum atomic E-state index is 12.3. The van der Waals surface area contributed by atoms with Crippen LogP contribution in [0.25, 0.3) is 0 Å². The van der Waals surface area contributed by atoms with Crippen molar-refractivity contribution in [3.05, 3.63) is 0 Å². The van der Waals surface area contributed by atoms with E-state index < -0.39 is 9.84 Å². The average Bonchev–Trinajstić information content (AvgIpc) is 2.35. The van der Waals surface area contributed by atoms with Gasteiger partial charge in [-0.15, -0.1) is 0 Å². The molecule has 2 N–H and O–H groups in total. The van der Waals surface area contributed by atoms with Crippen LogP contribution in [0.4, 0.5) is 0 Å². The molecule has 1 aliphatic rings.